The third-order valence-corrected chi connectivity index (χ3v) is 5.60. The molecule has 0 aromatic carbocycles. The SMILES string of the molecule is CC(C)C(CNC(=O)C1(C(C)C)CCNC1)N1CCCC1. The number of rotatable bonds is 6. The number of carbonyl (C=O) groups excluding carboxylic acids is 1. The number of hydrogen-bond acceptors (Lipinski definition) is 3. The number of hydrogen-bond donors (Lipinski definition) is 2. The fraction of sp³-hybridized carbons (Fsp3) is 0.941. The number of carbonyl (C=O) groups is 1. The van der Waals surface area contributed by atoms with Crippen LogP contribution in [0.25, 0.3) is 0 Å². The highest BCUT2D eigenvalue weighted by molar-refractivity contribution is 5.83. The van der Waals surface area contributed by atoms with E-state index in [0.717, 1.165) is 26.1 Å². The summed E-state index contributed by atoms with van der Waals surface area (Å²) in [4.78, 5) is 15.3. The van der Waals surface area contributed by atoms with E-state index in [0.29, 0.717) is 17.9 Å². The van der Waals surface area contributed by atoms with Crippen LogP contribution >= 0.6 is 0 Å². The molecule has 1 amide bonds. The van der Waals surface area contributed by atoms with E-state index in [1.807, 2.05) is 0 Å². The van der Waals surface area contributed by atoms with Crippen molar-refractivity contribution in [1.82, 2.24) is 15.5 Å². The first-order valence-electron chi connectivity index (χ1n) is 8.70. The minimum atomic E-state index is -0.202. The van der Waals surface area contributed by atoms with Crippen molar-refractivity contribution in [3.8, 4) is 0 Å². The summed E-state index contributed by atoms with van der Waals surface area (Å²) < 4.78 is 0. The highest BCUT2D eigenvalue weighted by Crippen LogP contribution is 2.34. The first-order valence-corrected chi connectivity index (χ1v) is 8.70. The van der Waals surface area contributed by atoms with E-state index in [1.165, 1.54) is 25.9 Å². The lowest BCUT2D eigenvalue weighted by atomic mass is 9.75. The second-order valence-electron chi connectivity index (χ2n) is 7.50. The molecule has 0 aromatic heterocycles. The maximum absolute atomic E-state index is 12.8. The quantitative estimate of drug-likeness (QED) is 0.786. The molecule has 0 aliphatic carbocycles. The fourth-order valence-corrected chi connectivity index (χ4v) is 3.89. The van der Waals surface area contributed by atoms with Crippen LogP contribution < -0.4 is 10.6 Å². The summed E-state index contributed by atoms with van der Waals surface area (Å²) in [6, 6.07) is 0.482. The van der Waals surface area contributed by atoms with Crippen LogP contribution in [0.3, 0.4) is 0 Å². The minimum absolute atomic E-state index is 0.202. The van der Waals surface area contributed by atoms with E-state index < -0.39 is 0 Å². The Labute approximate surface area is 130 Å². The minimum Gasteiger partial charge on any atom is -0.354 e. The molecule has 2 N–H and O–H groups in total. The van der Waals surface area contributed by atoms with Crippen LogP contribution in [0.2, 0.25) is 0 Å². The second-order valence-corrected chi connectivity index (χ2v) is 7.50. The molecule has 2 saturated heterocycles. The highest BCUT2D eigenvalue weighted by atomic mass is 16.2. The standard InChI is InChI=1S/C17H33N3O/c1-13(2)15(20-9-5-6-10-20)11-19-16(21)17(14(3)4)7-8-18-12-17/h13-15,18H,5-12H2,1-4H3,(H,19,21). The Morgan fingerprint density at radius 1 is 1.24 bits per heavy atom. The van der Waals surface area contributed by atoms with Crippen molar-refractivity contribution in [1.29, 1.82) is 0 Å². The van der Waals surface area contributed by atoms with Gasteiger partial charge in [0.25, 0.3) is 0 Å². The normalized spacial score (nSPS) is 28.5. The zero-order valence-corrected chi connectivity index (χ0v) is 14.2. The van der Waals surface area contributed by atoms with Crippen LogP contribution in [0.4, 0.5) is 0 Å². The van der Waals surface area contributed by atoms with Crippen LogP contribution in [0, 0.1) is 17.3 Å². The molecule has 2 unspecified atom stereocenters. The summed E-state index contributed by atoms with van der Waals surface area (Å²) in [6.07, 6.45) is 3.57. The number of nitrogens with one attached hydrogen (secondary N) is 2. The largest absolute Gasteiger partial charge is 0.354 e. The first-order chi connectivity index (χ1) is 9.97. The van der Waals surface area contributed by atoms with Gasteiger partial charge in [0.1, 0.15) is 0 Å². The molecule has 4 nitrogen and oxygen atoms in total. The van der Waals surface area contributed by atoms with Crippen molar-refractivity contribution in [2.75, 3.05) is 32.7 Å². The van der Waals surface area contributed by atoms with Gasteiger partial charge in [-0.1, -0.05) is 27.7 Å². The van der Waals surface area contributed by atoms with E-state index in [-0.39, 0.29) is 11.3 Å². The molecule has 21 heavy (non-hydrogen) atoms. The van der Waals surface area contributed by atoms with Crippen molar-refractivity contribution < 1.29 is 4.79 Å². The molecule has 0 spiro atoms. The smallest absolute Gasteiger partial charge is 0.227 e. The number of amides is 1. The molecule has 0 aromatic rings. The van der Waals surface area contributed by atoms with Crippen LogP contribution in [0.15, 0.2) is 0 Å². The molecule has 2 atom stereocenters. The van der Waals surface area contributed by atoms with E-state index >= 15 is 0 Å². The van der Waals surface area contributed by atoms with Gasteiger partial charge in [-0.3, -0.25) is 9.69 Å². The number of likely N-dealkylation sites (tertiary alicyclic amines) is 1. The van der Waals surface area contributed by atoms with Gasteiger partial charge in [0, 0.05) is 19.1 Å². The lowest BCUT2D eigenvalue weighted by molar-refractivity contribution is -0.132. The molecule has 4 heteroatoms. The molecule has 2 heterocycles. The van der Waals surface area contributed by atoms with Crippen molar-refractivity contribution in [2.24, 2.45) is 17.3 Å². The summed E-state index contributed by atoms with van der Waals surface area (Å²) in [6.45, 7) is 13.9. The van der Waals surface area contributed by atoms with Gasteiger partial charge < -0.3 is 10.6 Å². The lowest BCUT2D eigenvalue weighted by Gasteiger charge is -2.35. The Bertz CT molecular complexity index is 342. The van der Waals surface area contributed by atoms with Gasteiger partial charge in [0.05, 0.1) is 5.41 Å². The highest BCUT2D eigenvalue weighted by Gasteiger charge is 2.44. The first kappa shape index (κ1) is 16.8. The van der Waals surface area contributed by atoms with E-state index in [1.54, 1.807) is 0 Å². The Morgan fingerprint density at radius 2 is 1.90 bits per heavy atom. The zero-order valence-electron chi connectivity index (χ0n) is 14.2. The lowest BCUT2D eigenvalue weighted by Crippen LogP contribution is -2.51. The van der Waals surface area contributed by atoms with Crippen LogP contribution in [0.5, 0.6) is 0 Å². The van der Waals surface area contributed by atoms with Gasteiger partial charge in [-0.15, -0.1) is 0 Å². The maximum Gasteiger partial charge on any atom is 0.227 e. The summed E-state index contributed by atoms with van der Waals surface area (Å²) in [5, 5.41) is 6.65. The van der Waals surface area contributed by atoms with Crippen molar-refractivity contribution in [3.05, 3.63) is 0 Å². The molecular formula is C17H33N3O. The van der Waals surface area contributed by atoms with Crippen molar-refractivity contribution in [3.63, 3.8) is 0 Å². The van der Waals surface area contributed by atoms with Crippen molar-refractivity contribution in [2.45, 2.75) is 53.0 Å². The summed E-state index contributed by atoms with van der Waals surface area (Å²) in [7, 11) is 0. The molecule has 0 bridgehead atoms. The van der Waals surface area contributed by atoms with Gasteiger partial charge in [-0.25, -0.2) is 0 Å². The fourth-order valence-electron chi connectivity index (χ4n) is 3.89. The maximum atomic E-state index is 12.8. The molecule has 2 fully saturated rings. The predicted octanol–water partition coefficient (Wildman–Crippen LogP) is 1.86. The van der Waals surface area contributed by atoms with E-state index in [2.05, 4.69) is 43.2 Å². The van der Waals surface area contributed by atoms with Crippen LogP contribution in [-0.2, 0) is 4.79 Å². The van der Waals surface area contributed by atoms with Crippen LogP contribution in [-0.4, -0.2) is 49.6 Å². The topological polar surface area (TPSA) is 44.4 Å². The van der Waals surface area contributed by atoms with Gasteiger partial charge in [-0.05, 0) is 50.7 Å². The molecule has 0 saturated carbocycles. The molecule has 2 aliphatic rings. The molecule has 122 valence electrons. The third-order valence-electron chi connectivity index (χ3n) is 5.60. The summed E-state index contributed by atoms with van der Waals surface area (Å²) in [5.74, 6) is 1.23. The van der Waals surface area contributed by atoms with Crippen LogP contribution in [0.1, 0.15) is 47.0 Å². The summed E-state index contributed by atoms with van der Waals surface area (Å²) >= 11 is 0. The average molecular weight is 295 g/mol. The Hall–Kier alpha value is -0.610. The molecular weight excluding hydrogens is 262 g/mol. The van der Waals surface area contributed by atoms with Crippen molar-refractivity contribution >= 4 is 5.91 Å². The second kappa shape index (κ2) is 7.10. The van der Waals surface area contributed by atoms with Gasteiger partial charge in [0.2, 0.25) is 5.91 Å². The zero-order chi connectivity index (χ0) is 15.5. The molecule has 2 rings (SSSR count). The molecule has 0 radical (unpaired) electrons. The Morgan fingerprint density at radius 3 is 2.38 bits per heavy atom. The van der Waals surface area contributed by atoms with Gasteiger partial charge >= 0.3 is 0 Å². The Balaban J connectivity index is 1.94. The Kier molecular flexibility index (Phi) is 5.67. The third kappa shape index (κ3) is 3.59. The monoisotopic (exact) mass is 295 g/mol. The van der Waals surface area contributed by atoms with Gasteiger partial charge in [-0.2, -0.15) is 0 Å². The number of nitrogens with zero attached hydrogens (tertiary/aromatic N) is 1. The average Bonchev–Trinajstić information content (AvgIpc) is 3.10. The van der Waals surface area contributed by atoms with E-state index in [4.69, 9.17) is 0 Å². The van der Waals surface area contributed by atoms with E-state index in [9.17, 15) is 4.79 Å². The molecule has 2 aliphatic heterocycles. The summed E-state index contributed by atoms with van der Waals surface area (Å²) in [5.41, 5.74) is -0.202. The van der Waals surface area contributed by atoms with Gasteiger partial charge in [0.15, 0.2) is 0 Å². The predicted molar refractivity (Wildman–Crippen MR) is 87.2 cm³/mol.